The van der Waals surface area contributed by atoms with E-state index in [0.717, 1.165) is 0 Å². The molecule has 1 unspecified atom stereocenters. The lowest BCUT2D eigenvalue weighted by Crippen LogP contribution is -2.51. The first-order chi connectivity index (χ1) is 10.7. The summed E-state index contributed by atoms with van der Waals surface area (Å²) in [6, 6.07) is 5.05. The third kappa shape index (κ3) is 5.09. The Kier molecular flexibility index (Phi) is 6.29. The van der Waals surface area contributed by atoms with Gasteiger partial charge in [-0.25, -0.2) is 4.39 Å². The van der Waals surface area contributed by atoms with E-state index < -0.39 is 0 Å². The minimum Gasteiger partial charge on any atom is -0.378 e. The third-order valence-electron chi connectivity index (χ3n) is 3.28. The maximum absolute atomic E-state index is 12.7. The summed E-state index contributed by atoms with van der Waals surface area (Å²) in [5.41, 5.74) is 0.411. The SMILES string of the molecule is O=C(NCCCNC(=O)C1COCCN1)c1ccc(F)cc1. The van der Waals surface area contributed by atoms with Crippen LogP contribution in [0.2, 0.25) is 0 Å². The van der Waals surface area contributed by atoms with Gasteiger partial charge in [-0.3, -0.25) is 9.59 Å². The molecule has 1 aliphatic rings. The van der Waals surface area contributed by atoms with Gasteiger partial charge in [0, 0.05) is 25.2 Å². The first kappa shape index (κ1) is 16.4. The van der Waals surface area contributed by atoms with Crippen LogP contribution < -0.4 is 16.0 Å². The van der Waals surface area contributed by atoms with Crippen LogP contribution in [0.3, 0.4) is 0 Å². The van der Waals surface area contributed by atoms with Gasteiger partial charge < -0.3 is 20.7 Å². The predicted molar refractivity (Wildman–Crippen MR) is 79.0 cm³/mol. The standard InChI is InChI=1S/C15H20FN3O3/c16-12-4-2-11(3-5-12)14(20)18-6-1-7-19-15(21)13-10-22-9-8-17-13/h2-5,13,17H,1,6-10H2,(H,18,20)(H,19,21). The number of carbonyl (C=O) groups is 2. The smallest absolute Gasteiger partial charge is 0.251 e. The Labute approximate surface area is 128 Å². The molecule has 1 fully saturated rings. The lowest BCUT2D eigenvalue weighted by molar-refractivity contribution is -0.125. The van der Waals surface area contributed by atoms with E-state index in [2.05, 4.69) is 16.0 Å². The van der Waals surface area contributed by atoms with E-state index in [1.807, 2.05) is 0 Å². The van der Waals surface area contributed by atoms with Crippen LogP contribution in [0.5, 0.6) is 0 Å². The maximum Gasteiger partial charge on any atom is 0.251 e. The van der Waals surface area contributed by atoms with Crippen molar-refractivity contribution in [2.75, 3.05) is 32.8 Å². The van der Waals surface area contributed by atoms with Crippen LogP contribution in [0, 0.1) is 5.82 Å². The van der Waals surface area contributed by atoms with Crippen LogP contribution >= 0.6 is 0 Å². The van der Waals surface area contributed by atoms with Crippen molar-refractivity contribution >= 4 is 11.8 Å². The quantitative estimate of drug-likeness (QED) is 0.649. The van der Waals surface area contributed by atoms with Crippen molar-refractivity contribution < 1.29 is 18.7 Å². The average Bonchev–Trinajstić information content (AvgIpc) is 2.55. The maximum atomic E-state index is 12.7. The molecule has 1 aromatic carbocycles. The molecule has 0 aliphatic carbocycles. The fourth-order valence-corrected chi connectivity index (χ4v) is 2.06. The molecule has 7 heteroatoms. The molecule has 2 amide bonds. The number of hydrogen-bond acceptors (Lipinski definition) is 4. The number of carbonyl (C=O) groups excluding carboxylic acids is 2. The largest absolute Gasteiger partial charge is 0.378 e. The van der Waals surface area contributed by atoms with Gasteiger partial charge in [-0.05, 0) is 30.7 Å². The third-order valence-corrected chi connectivity index (χ3v) is 3.28. The molecule has 120 valence electrons. The monoisotopic (exact) mass is 309 g/mol. The molecule has 1 saturated heterocycles. The Hall–Kier alpha value is -1.99. The highest BCUT2D eigenvalue weighted by Gasteiger charge is 2.20. The first-order valence-corrected chi connectivity index (χ1v) is 7.29. The summed E-state index contributed by atoms with van der Waals surface area (Å²) >= 11 is 0. The molecular weight excluding hydrogens is 289 g/mol. The highest BCUT2D eigenvalue weighted by atomic mass is 19.1. The fourth-order valence-electron chi connectivity index (χ4n) is 2.06. The van der Waals surface area contributed by atoms with Gasteiger partial charge >= 0.3 is 0 Å². The second-order valence-corrected chi connectivity index (χ2v) is 4.99. The minimum absolute atomic E-state index is 0.0930. The summed E-state index contributed by atoms with van der Waals surface area (Å²) in [5, 5.41) is 8.58. The molecule has 2 rings (SSSR count). The Morgan fingerprint density at radius 3 is 2.64 bits per heavy atom. The van der Waals surface area contributed by atoms with Crippen molar-refractivity contribution in [3.63, 3.8) is 0 Å². The second-order valence-electron chi connectivity index (χ2n) is 4.99. The van der Waals surface area contributed by atoms with Crippen molar-refractivity contribution in [1.82, 2.24) is 16.0 Å². The Morgan fingerprint density at radius 2 is 1.95 bits per heavy atom. The summed E-state index contributed by atoms with van der Waals surface area (Å²) in [7, 11) is 0. The van der Waals surface area contributed by atoms with Gasteiger partial charge in [0.2, 0.25) is 5.91 Å². The Balaban J connectivity index is 1.59. The van der Waals surface area contributed by atoms with E-state index in [-0.39, 0.29) is 23.7 Å². The van der Waals surface area contributed by atoms with Crippen LogP contribution in [0.25, 0.3) is 0 Å². The number of nitrogens with one attached hydrogen (secondary N) is 3. The van der Waals surface area contributed by atoms with E-state index in [1.165, 1.54) is 24.3 Å². The second kappa shape index (κ2) is 8.45. The van der Waals surface area contributed by atoms with Gasteiger partial charge in [0.05, 0.1) is 13.2 Å². The van der Waals surface area contributed by atoms with Crippen LogP contribution in [0.4, 0.5) is 4.39 Å². The van der Waals surface area contributed by atoms with Gasteiger partial charge in [0.15, 0.2) is 0 Å². The zero-order valence-electron chi connectivity index (χ0n) is 12.2. The van der Waals surface area contributed by atoms with E-state index in [9.17, 15) is 14.0 Å². The highest BCUT2D eigenvalue weighted by Crippen LogP contribution is 2.02. The molecule has 0 spiro atoms. The van der Waals surface area contributed by atoms with Gasteiger partial charge in [-0.1, -0.05) is 0 Å². The summed E-state index contributed by atoms with van der Waals surface area (Å²) in [6.07, 6.45) is 0.617. The molecule has 22 heavy (non-hydrogen) atoms. The first-order valence-electron chi connectivity index (χ1n) is 7.29. The summed E-state index contributed by atoms with van der Waals surface area (Å²) in [4.78, 5) is 23.5. The number of ether oxygens (including phenoxy) is 1. The van der Waals surface area contributed by atoms with Gasteiger partial charge in [-0.15, -0.1) is 0 Å². The average molecular weight is 309 g/mol. The number of rotatable bonds is 6. The molecule has 1 aromatic rings. The van der Waals surface area contributed by atoms with Gasteiger partial charge in [0.25, 0.3) is 5.91 Å². The molecule has 0 saturated carbocycles. The molecule has 1 atom stereocenters. The molecule has 3 N–H and O–H groups in total. The molecule has 6 nitrogen and oxygen atoms in total. The fraction of sp³-hybridized carbons (Fsp3) is 0.467. The highest BCUT2D eigenvalue weighted by molar-refractivity contribution is 5.94. The van der Waals surface area contributed by atoms with E-state index in [0.29, 0.717) is 44.8 Å². The predicted octanol–water partition coefficient (Wildman–Crippen LogP) is 0.0502. The van der Waals surface area contributed by atoms with Crippen LogP contribution in [-0.2, 0) is 9.53 Å². The van der Waals surface area contributed by atoms with Crippen molar-refractivity contribution in [3.05, 3.63) is 35.6 Å². The summed E-state index contributed by atoms with van der Waals surface area (Å²) in [5.74, 6) is -0.724. The lowest BCUT2D eigenvalue weighted by atomic mass is 10.2. The van der Waals surface area contributed by atoms with E-state index in [4.69, 9.17) is 4.74 Å². The van der Waals surface area contributed by atoms with E-state index in [1.54, 1.807) is 0 Å². The Morgan fingerprint density at radius 1 is 1.23 bits per heavy atom. The number of halogens is 1. The van der Waals surface area contributed by atoms with Crippen molar-refractivity contribution in [2.24, 2.45) is 0 Å². The van der Waals surface area contributed by atoms with Crippen molar-refractivity contribution in [1.29, 1.82) is 0 Å². The van der Waals surface area contributed by atoms with Crippen LogP contribution in [0.1, 0.15) is 16.8 Å². The van der Waals surface area contributed by atoms with Crippen LogP contribution in [0.15, 0.2) is 24.3 Å². The summed E-state index contributed by atoms with van der Waals surface area (Å²) < 4.78 is 18.0. The molecule has 1 aliphatic heterocycles. The topological polar surface area (TPSA) is 79.5 Å². The number of hydrogen-bond donors (Lipinski definition) is 3. The molecule has 0 radical (unpaired) electrons. The van der Waals surface area contributed by atoms with Crippen molar-refractivity contribution in [3.8, 4) is 0 Å². The van der Waals surface area contributed by atoms with E-state index >= 15 is 0 Å². The molecule has 0 bridgehead atoms. The molecule has 1 heterocycles. The van der Waals surface area contributed by atoms with Crippen molar-refractivity contribution in [2.45, 2.75) is 12.5 Å². The van der Waals surface area contributed by atoms with Gasteiger partial charge in [-0.2, -0.15) is 0 Å². The molecule has 0 aromatic heterocycles. The lowest BCUT2D eigenvalue weighted by Gasteiger charge is -2.22. The van der Waals surface area contributed by atoms with Crippen LogP contribution in [-0.4, -0.2) is 50.7 Å². The summed E-state index contributed by atoms with van der Waals surface area (Å²) in [6.45, 7) is 2.59. The number of morpholine rings is 1. The normalized spacial score (nSPS) is 17.8. The number of benzene rings is 1. The zero-order valence-corrected chi connectivity index (χ0v) is 12.2. The zero-order chi connectivity index (χ0) is 15.8. The molecular formula is C15H20FN3O3. The minimum atomic E-state index is -0.375. The number of amides is 2. The van der Waals surface area contributed by atoms with Gasteiger partial charge in [0.1, 0.15) is 11.9 Å². The Bertz CT molecular complexity index is 501.